The number of hydrogen-bond donors (Lipinski definition) is 0. The first-order valence-corrected chi connectivity index (χ1v) is 27.1. The quantitative estimate of drug-likeness (QED) is 0.0199. The first kappa shape index (κ1) is 61.6. The highest BCUT2D eigenvalue weighted by Crippen LogP contribution is 2.14. The molecule has 0 aromatic carbocycles. The molecule has 1 atom stereocenters. The average Bonchev–Trinajstić information content (AvgIpc) is 3.30. The molecule has 0 radical (unpaired) electrons. The predicted molar refractivity (Wildman–Crippen MR) is 279 cm³/mol. The average molecular weight is 905 g/mol. The van der Waals surface area contributed by atoms with Gasteiger partial charge in [0.05, 0.1) is 0 Å². The Labute approximate surface area is 401 Å². The molecule has 1 unspecified atom stereocenters. The highest BCUT2D eigenvalue weighted by molar-refractivity contribution is 5.71. The van der Waals surface area contributed by atoms with Crippen LogP contribution >= 0.6 is 0 Å². The monoisotopic (exact) mass is 905 g/mol. The summed E-state index contributed by atoms with van der Waals surface area (Å²) in [5.74, 6) is -0.963. The van der Waals surface area contributed by atoms with E-state index in [4.69, 9.17) is 14.2 Å². The zero-order valence-corrected chi connectivity index (χ0v) is 42.5. The van der Waals surface area contributed by atoms with Gasteiger partial charge < -0.3 is 14.2 Å². The van der Waals surface area contributed by atoms with Crippen molar-refractivity contribution in [2.45, 2.75) is 258 Å². The number of rotatable bonds is 48. The van der Waals surface area contributed by atoms with E-state index >= 15 is 0 Å². The van der Waals surface area contributed by atoms with Crippen molar-refractivity contribution in [1.82, 2.24) is 0 Å². The summed E-state index contributed by atoms with van der Waals surface area (Å²) in [5.41, 5.74) is 0. The Bertz CT molecular complexity index is 1270. The van der Waals surface area contributed by atoms with Crippen molar-refractivity contribution in [2.75, 3.05) is 13.2 Å². The molecule has 0 spiro atoms. The van der Waals surface area contributed by atoms with Crippen molar-refractivity contribution in [2.24, 2.45) is 0 Å². The molecule has 0 rings (SSSR count). The summed E-state index contributed by atoms with van der Waals surface area (Å²) in [6.07, 6.45) is 68.6. The number of carbonyl (C=O) groups excluding carboxylic acids is 3. The van der Waals surface area contributed by atoms with E-state index < -0.39 is 6.10 Å². The minimum Gasteiger partial charge on any atom is -0.462 e. The maximum Gasteiger partial charge on any atom is 0.306 e. The maximum atomic E-state index is 12.8. The molecule has 6 heteroatoms. The van der Waals surface area contributed by atoms with Crippen molar-refractivity contribution in [3.05, 3.63) is 85.1 Å². The molecular formula is C59H100O6. The van der Waals surface area contributed by atoms with Gasteiger partial charge in [0, 0.05) is 19.3 Å². The molecule has 0 fully saturated rings. The lowest BCUT2D eigenvalue weighted by Crippen LogP contribution is -2.30. The second-order valence-corrected chi connectivity index (χ2v) is 17.8. The van der Waals surface area contributed by atoms with Crippen molar-refractivity contribution < 1.29 is 28.6 Å². The van der Waals surface area contributed by atoms with E-state index in [0.29, 0.717) is 19.3 Å². The molecule has 0 aromatic heterocycles. The number of carbonyl (C=O) groups is 3. The highest BCUT2D eigenvalue weighted by atomic mass is 16.6. The molecule has 372 valence electrons. The maximum absolute atomic E-state index is 12.8. The van der Waals surface area contributed by atoms with Crippen LogP contribution in [0.25, 0.3) is 0 Å². The Morgan fingerprint density at radius 1 is 0.338 bits per heavy atom. The van der Waals surface area contributed by atoms with Gasteiger partial charge in [0.2, 0.25) is 0 Å². The summed E-state index contributed by atoms with van der Waals surface area (Å²) < 4.78 is 16.8. The van der Waals surface area contributed by atoms with Gasteiger partial charge in [-0.15, -0.1) is 0 Å². The standard InChI is InChI=1S/C59H100O6/c1-4-7-10-13-16-19-22-25-27-29-31-32-34-37-40-43-46-49-52-58(61)64-55-56(54-63-57(60)51-48-45-42-39-36-24-21-18-15-12-9-6-3)65-59(62)53-50-47-44-41-38-35-33-30-28-26-23-20-17-14-11-8-5-2/h9,12,18,21-22,25-29,31-32,36,39,56H,4-8,10-11,13-17,19-20,23-24,30,33-35,37-38,40-55H2,1-3H3/b12-9-,21-18-,25-22-,28-26-,29-27-,32-31-,39-36-. The van der Waals surface area contributed by atoms with Gasteiger partial charge in [-0.1, -0.05) is 215 Å². The second-order valence-electron chi connectivity index (χ2n) is 17.8. The Kier molecular flexibility index (Phi) is 50.4. The lowest BCUT2D eigenvalue weighted by atomic mass is 10.1. The summed E-state index contributed by atoms with van der Waals surface area (Å²) in [5, 5.41) is 0. The SMILES string of the molecule is CC/C=C\C/C=C\C/C=C\CCCCC(=O)OCC(COC(=O)CCCCCCC\C=C/C=C\C=C/CCCCCCC)OC(=O)CCCCCCCCC/C=C\CCCCCCCC. The number of esters is 3. The molecular weight excluding hydrogens is 805 g/mol. The van der Waals surface area contributed by atoms with Gasteiger partial charge in [-0.2, -0.15) is 0 Å². The number of allylic oxidation sites excluding steroid dienone is 14. The van der Waals surface area contributed by atoms with E-state index in [1.165, 1.54) is 109 Å². The van der Waals surface area contributed by atoms with Gasteiger partial charge in [0.15, 0.2) is 6.10 Å². The van der Waals surface area contributed by atoms with Crippen LogP contribution in [-0.2, 0) is 28.6 Å². The van der Waals surface area contributed by atoms with Gasteiger partial charge in [0.1, 0.15) is 13.2 Å². The highest BCUT2D eigenvalue weighted by Gasteiger charge is 2.19. The lowest BCUT2D eigenvalue weighted by Gasteiger charge is -2.18. The summed E-state index contributed by atoms with van der Waals surface area (Å²) in [7, 11) is 0. The first-order chi connectivity index (χ1) is 32.0. The third-order valence-electron chi connectivity index (χ3n) is 11.4. The molecule has 0 aromatic rings. The van der Waals surface area contributed by atoms with Crippen LogP contribution in [0.2, 0.25) is 0 Å². The molecule has 0 aliphatic heterocycles. The van der Waals surface area contributed by atoms with Crippen molar-refractivity contribution in [3.63, 3.8) is 0 Å². The van der Waals surface area contributed by atoms with Crippen molar-refractivity contribution in [3.8, 4) is 0 Å². The predicted octanol–water partition coefficient (Wildman–Crippen LogP) is 18.0. The van der Waals surface area contributed by atoms with E-state index in [1.54, 1.807) is 0 Å². The van der Waals surface area contributed by atoms with Crippen LogP contribution in [0.4, 0.5) is 0 Å². The van der Waals surface area contributed by atoms with Gasteiger partial charge in [-0.3, -0.25) is 14.4 Å². The molecule has 0 amide bonds. The van der Waals surface area contributed by atoms with E-state index in [2.05, 4.69) is 106 Å². The number of ether oxygens (including phenoxy) is 3. The third-order valence-corrected chi connectivity index (χ3v) is 11.4. The van der Waals surface area contributed by atoms with Crippen LogP contribution < -0.4 is 0 Å². The summed E-state index contributed by atoms with van der Waals surface area (Å²) in [6.45, 7) is 6.45. The minimum absolute atomic E-state index is 0.101. The number of unbranched alkanes of at least 4 members (excludes halogenated alkanes) is 25. The Hall–Kier alpha value is -3.41. The van der Waals surface area contributed by atoms with Crippen molar-refractivity contribution >= 4 is 17.9 Å². The molecule has 6 nitrogen and oxygen atoms in total. The number of hydrogen-bond acceptors (Lipinski definition) is 6. The fourth-order valence-corrected chi connectivity index (χ4v) is 7.33. The summed E-state index contributed by atoms with van der Waals surface area (Å²) in [6, 6.07) is 0. The van der Waals surface area contributed by atoms with Gasteiger partial charge >= 0.3 is 17.9 Å². The van der Waals surface area contributed by atoms with Gasteiger partial charge in [0.25, 0.3) is 0 Å². The van der Waals surface area contributed by atoms with Crippen LogP contribution in [0, 0.1) is 0 Å². The summed E-state index contributed by atoms with van der Waals surface area (Å²) in [4.78, 5) is 38.0. The van der Waals surface area contributed by atoms with E-state index in [0.717, 1.165) is 103 Å². The smallest absolute Gasteiger partial charge is 0.306 e. The fraction of sp³-hybridized carbons (Fsp3) is 0.712. The van der Waals surface area contributed by atoms with E-state index in [-0.39, 0.29) is 31.1 Å². The van der Waals surface area contributed by atoms with Crippen LogP contribution in [0.1, 0.15) is 252 Å². The van der Waals surface area contributed by atoms with Crippen LogP contribution in [0.5, 0.6) is 0 Å². The van der Waals surface area contributed by atoms with Crippen LogP contribution in [0.15, 0.2) is 85.1 Å². The minimum atomic E-state index is -0.803. The van der Waals surface area contributed by atoms with Crippen LogP contribution in [0.3, 0.4) is 0 Å². The van der Waals surface area contributed by atoms with Gasteiger partial charge in [-0.05, 0) is 103 Å². The van der Waals surface area contributed by atoms with Crippen LogP contribution in [-0.4, -0.2) is 37.2 Å². The third kappa shape index (κ3) is 51.4. The van der Waals surface area contributed by atoms with E-state index in [1.807, 2.05) is 0 Å². The summed E-state index contributed by atoms with van der Waals surface area (Å²) >= 11 is 0. The lowest BCUT2D eigenvalue weighted by molar-refractivity contribution is -0.167. The molecule has 0 aliphatic carbocycles. The second kappa shape index (κ2) is 53.2. The molecule has 0 N–H and O–H groups in total. The Balaban J connectivity index is 4.45. The zero-order valence-electron chi connectivity index (χ0n) is 42.5. The van der Waals surface area contributed by atoms with Crippen molar-refractivity contribution in [1.29, 1.82) is 0 Å². The molecule has 65 heavy (non-hydrogen) atoms. The zero-order chi connectivity index (χ0) is 47.2. The Morgan fingerprint density at radius 3 is 1.11 bits per heavy atom. The largest absolute Gasteiger partial charge is 0.462 e. The Morgan fingerprint density at radius 2 is 0.662 bits per heavy atom. The fourth-order valence-electron chi connectivity index (χ4n) is 7.33. The molecule has 0 heterocycles. The van der Waals surface area contributed by atoms with Gasteiger partial charge in [-0.25, -0.2) is 0 Å². The molecule has 0 saturated carbocycles. The normalized spacial score (nSPS) is 12.7. The molecule has 0 saturated heterocycles. The first-order valence-electron chi connectivity index (χ1n) is 27.1. The molecule has 0 bridgehead atoms. The molecule has 0 aliphatic rings. The topological polar surface area (TPSA) is 78.9 Å². The van der Waals surface area contributed by atoms with E-state index in [9.17, 15) is 14.4 Å².